The zero-order valence-electron chi connectivity index (χ0n) is 11.2. The van der Waals surface area contributed by atoms with E-state index in [4.69, 9.17) is 17.3 Å². The maximum Gasteiger partial charge on any atom is 0.337 e. The van der Waals surface area contributed by atoms with Crippen LogP contribution in [0.4, 0.5) is 11.4 Å². The zero-order chi connectivity index (χ0) is 14.2. The monoisotopic (exact) mass is 282 g/mol. The number of rotatable bonds is 2. The Kier molecular flexibility index (Phi) is 3.90. The molecule has 1 aromatic rings. The van der Waals surface area contributed by atoms with Gasteiger partial charge < -0.3 is 15.7 Å². The maximum atomic E-state index is 11.4. The molecule has 0 aliphatic carbocycles. The number of aromatic carboxylic acids is 1. The van der Waals surface area contributed by atoms with E-state index in [0.29, 0.717) is 22.3 Å². The van der Waals surface area contributed by atoms with Gasteiger partial charge in [0, 0.05) is 18.3 Å². The fraction of sp³-hybridized carbons (Fsp3) is 0.500. The van der Waals surface area contributed by atoms with Crippen LogP contribution in [0.1, 0.15) is 37.0 Å². The Balaban J connectivity index is 2.51. The summed E-state index contributed by atoms with van der Waals surface area (Å²) in [5.74, 6) is -0.473. The van der Waals surface area contributed by atoms with Gasteiger partial charge in [-0.2, -0.15) is 0 Å². The molecule has 0 aromatic heterocycles. The average Bonchev–Trinajstić information content (AvgIpc) is 2.32. The maximum absolute atomic E-state index is 11.4. The van der Waals surface area contributed by atoms with E-state index in [1.807, 2.05) is 0 Å². The number of hydrogen-bond acceptors (Lipinski definition) is 3. The van der Waals surface area contributed by atoms with E-state index in [-0.39, 0.29) is 11.6 Å². The van der Waals surface area contributed by atoms with Crippen LogP contribution >= 0.6 is 11.6 Å². The Morgan fingerprint density at radius 1 is 1.47 bits per heavy atom. The summed E-state index contributed by atoms with van der Waals surface area (Å²) in [5, 5.41) is 9.77. The molecule has 0 bridgehead atoms. The van der Waals surface area contributed by atoms with Crippen LogP contribution in [0.5, 0.6) is 0 Å². The molecule has 104 valence electrons. The van der Waals surface area contributed by atoms with E-state index in [2.05, 4.69) is 18.7 Å². The Labute approximate surface area is 118 Å². The molecule has 1 aliphatic heterocycles. The standard InChI is InChI=1S/C14H19ClN2O2/c1-8-4-3-5-17(9(8)2)13-11(14(18)19)6-10(16)7-12(13)15/h6-9H,3-5,16H2,1-2H3,(H,18,19). The Morgan fingerprint density at radius 2 is 2.16 bits per heavy atom. The first-order valence-electron chi connectivity index (χ1n) is 6.50. The minimum absolute atomic E-state index is 0.186. The highest BCUT2D eigenvalue weighted by Gasteiger charge is 2.29. The molecule has 2 unspecified atom stereocenters. The van der Waals surface area contributed by atoms with Gasteiger partial charge in [-0.25, -0.2) is 4.79 Å². The largest absolute Gasteiger partial charge is 0.478 e. The lowest BCUT2D eigenvalue weighted by Gasteiger charge is -2.40. The molecule has 1 aromatic carbocycles. The molecule has 19 heavy (non-hydrogen) atoms. The number of hydrogen-bond donors (Lipinski definition) is 2. The van der Waals surface area contributed by atoms with E-state index >= 15 is 0 Å². The van der Waals surface area contributed by atoms with Gasteiger partial charge in [0.15, 0.2) is 0 Å². The molecule has 2 atom stereocenters. The van der Waals surface area contributed by atoms with Gasteiger partial charge in [-0.05, 0) is 37.8 Å². The summed E-state index contributed by atoms with van der Waals surface area (Å²) in [6.45, 7) is 5.13. The second kappa shape index (κ2) is 5.29. The van der Waals surface area contributed by atoms with Gasteiger partial charge >= 0.3 is 5.97 Å². The van der Waals surface area contributed by atoms with Crippen molar-refractivity contribution < 1.29 is 9.90 Å². The van der Waals surface area contributed by atoms with Crippen LogP contribution in [0.25, 0.3) is 0 Å². The predicted molar refractivity (Wildman–Crippen MR) is 78.0 cm³/mol. The topological polar surface area (TPSA) is 66.6 Å². The fourth-order valence-electron chi connectivity index (χ4n) is 2.73. The summed E-state index contributed by atoms with van der Waals surface area (Å²) in [7, 11) is 0. The zero-order valence-corrected chi connectivity index (χ0v) is 11.9. The molecule has 3 N–H and O–H groups in total. The Morgan fingerprint density at radius 3 is 2.79 bits per heavy atom. The average molecular weight is 283 g/mol. The third kappa shape index (κ3) is 2.63. The summed E-state index contributed by atoms with van der Waals surface area (Å²) >= 11 is 6.24. The summed E-state index contributed by atoms with van der Waals surface area (Å²) in [6, 6.07) is 3.37. The van der Waals surface area contributed by atoms with Gasteiger partial charge in [-0.1, -0.05) is 18.5 Å². The molecule has 5 heteroatoms. The number of nitrogens with zero attached hydrogens (tertiary/aromatic N) is 1. The molecule has 0 saturated carbocycles. The first kappa shape index (κ1) is 14.0. The third-order valence-electron chi connectivity index (χ3n) is 3.98. The van der Waals surface area contributed by atoms with Crippen LogP contribution in [0, 0.1) is 5.92 Å². The van der Waals surface area contributed by atoms with Gasteiger partial charge in [-0.3, -0.25) is 0 Å². The highest BCUT2D eigenvalue weighted by Crippen LogP contribution is 2.37. The smallest absolute Gasteiger partial charge is 0.337 e. The van der Waals surface area contributed by atoms with Crippen molar-refractivity contribution in [3.63, 3.8) is 0 Å². The Hall–Kier alpha value is -1.42. The molecular formula is C14H19ClN2O2. The van der Waals surface area contributed by atoms with Crippen molar-refractivity contribution in [2.45, 2.75) is 32.7 Å². The number of benzene rings is 1. The number of nitrogens with two attached hydrogens (primary N) is 1. The van der Waals surface area contributed by atoms with Crippen molar-refractivity contribution in [1.82, 2.24) is 0 Å². The number of nitrogen functional groups attached to an aromatic ring is 1. The number of anilines is 2. The molecule has 1 heterocycles. The van der Waals surface area contributed by atoms with Crippen molar-refractivity contribution in [2.75, 3.05) is 17.2 Å². The predicted octanol–water partition coefficient (Wildman–Crippen LogP) is 3.25. The number of carboxylic acids is 1. The first-order valence-corrected chi connectivity index (χ1v) is 6.88. The van der Waals surface area contributed by atoms with E-state index in [9.17, 15) is 9.90 Å². The molecule has 4 nitrogen and oxygen atoms in total. The lowest BCUT2D eigenvalue weighted by atomic mass is 9.91. The number of piperidine rings is 1. The van der Waals surface area contributed by atoms with Crippen molar-refractivity contribution >= 4 is 28.9 Å². The van der Waals surface area contributed by atoms with E-state index in [0.717, 1.165) is 19.4 Å². The quantitative estimate of drug-likeness (QED) is 0.817. The fourth-order valence-corrected chi connectivity index (χ4v) is 3.06. The molecule has 0 radical (unpaired) electrons. The highest BCUT2D eigenvalue weighted by molar-refractivity contribution is 6.34. The number of carboxylic acid groups (broad SMARTS) is 1. The van der Waals surface area contributed by atoms with Gasteiger partial charge in [-0.15, -0.1) is 0 Å². The molecule has 1 saturated heterocycles. The molecule has 2 rings (SSSR count). The van der Waals surface area contributed by atoms with E-state index in [1.54, 1.807) is 6.07 Å². The second-order valence-corrected chi connectivity index (χ2v) is 5.66. The summed E-state index contributed by atoms with van der Waals surface area (Å²) < 4.78 is 0. The second-order valence-electron chi connectivity index (χ2n) is 5.26. The summed E-state index contributed by atoms with van der Waals surface area (Å²) in [4.78, 5) is 13.5. The number of carbonyl (C=O) groups is 1. The van der Waals surface area contributed by atoms with Gasteiger partial charge in [0.2, 0.25) is 0 Å². The Bertz CT molecular complexity index is 504. The minimum Gasteiger partial charge on any atom is -0.478 e. The van der Waals surface area contributed by atoms with Crippen LogP contribution in [0.3, 0.4) is 0 Å². The van der Waals surface area contributed by atoms with Crippen LogP contribution in [0.2, 0.25) is 5.02 Å². The highest BCUT2D eigenvalue weighted by atomic mass is 35.5. The third-order valence-corrected chi connectivity index (χ3v) is 4.27. The van der Waals surface area contributed by atoms with E-state index in [1.165, 1.54) is 6.07 Å². The van der Waals surface area contributed by atoms with Crippen LogP contribution < -0.4 is 10.6 Å². The SMILES string of the molecule is CC1CCCN(c2c(Cl)cc(N)cc2C(=O)O)C1C. The van der Waals surface area contributed by atoms with Crippen molar-refractivity contribution in [1.29, 1.82) is 0 Å². The lowest BCUT2D eigenvalue weighted by Crippen LogP contribution is -2.43. The van der Waals surface area contributed by atoms with E-state index < -0.39 is 5.97 Å². The first-order chi connectivity index (χ1) is 8.91. The molecular weight excluding hydrogens is 264 g/mol. The van der Waals surface area contributed by atoms with Gasteiger partial charge in [0.1, 0.15) is 0 Å². The van der Waals surface area contributed by atoms with Gasteiger partial charge in [0.25, 0.3) is 0 Å². The normalized spacial score (nSPS) is 23.4. The van der Waals surface area contributed by atoms with Crippen molar-refractivity contribution in [3.8, 4) is 0 Å². The van der Waals surface area contributed by atoms with Crippen LogP contribution in [-0.2, 0) is 0 Å². The van der Waals surface area contributed by atoms with Gasteiger partial charge in [0.05, 0.1) is 16.3 Å². The van der Waals surface area contributed by atoms with Crippen molar-refractivity contribution in [2.24, 2.45) is 5.92 Å². The summed E-state index contributed by atoms with van der Waals surface area (Å²) in [5.41, 5.74) is 6.86. The molecule has 1 fully saturated rings. The van der Waals surface area contributed by atoms with Crippen LogP contribution in [-0.4, -0.2) is 23.7 Å². The van der Waals surface area contributed by atoms with Crippen molar-refractivity contribution in [3.05, 3.63) is 22.7 Å². The minimum atomic E-state index is -0.991. The van der Waals surface area contributed by atoms with Crippen LogP contribution in [0.15, 0.2) is 12.1 Å². The lowest BCUT2D eigenvalue weighted by molar-refractivity contribution is 0.0697. The molecule has 0 amide bonds. The number of halogens is 1. The molecule has 0 spiro atoms. The summed E-state index contributed by atoms with van der Waals surface area (Å²) in [6.07, 6.45) is 2.21. The molecule has 1 aliphatic rings.